The molecule has 2 aromatic carbocycles. The summed E-state index contributed by atoms with van der Waals surface area (Å²) in [7, 11) is 1.68. The van der Waals surface area contributed by atoms with Crippen molar-refractivity contribution in [1.82, 2.24) is 0 Å². The van der Waals surface area contributed by atoms with Gasteiger partial charge in [0.25, 0.3) is 0 Å². The van der Waals surface area contributed by atoms with E-state index in [2.05, 4.69) is 0 Å². The number of hydrogen-bond donors (Lipinski definition) is 1. The second-order valence-electron chi connectivity index (χ2n) is 5.10. The molecule has 5 nitrogen and oxygen atoms in total. The van der Waals surface area contributed by atoms with E-state index in [4.69, 9.17) is 4.74 Å². The van der Waals surface area contributed by atoms with Crippen molar-refractivity contribution in [2.24, 2.45) is 0 Å². The summed E-state index contributed by atoms with van der Waals surface area (Å²) in [4.78, 5) is 10.5. The molecule has 0 saturated heterocycles. The van der Waals surface area contributed by atoms with Gasteiger partial charge in [-0.25, -0.2) is 0 Å². The molecule has 1 unspecified atom stereocenters. The van der Waals surface area contributed by atoms with Crippen LogP contribution in [-0.4, -0.2) is 32.1 Å². The average Bonchev–Trinajstić information content (AvgIpc) is 2.56. The second-order valence-corrected chi connectivity index (χ2v) is 7.33. The number of hydrogen-bond acceptors (Lipinski definition) is 4. The van der Waals surface area contributed by atoms with Crippen LogP contribution >= 0.6 is 0 Å². The monoisotopic (exact) mass is 381 g/mol. The standard InChI is InChI=1S/C17H19NO4Se/c1-12(19)15-10-14(18(20)21)8-9-17(15)23-11-16(22-2)13-6-4-3-5-7-13/h3-10,12,16,19H,11H2,1-2H3/t12-,16?/m0/s1. The molecule has 0 bridgehead atoms. The van der Waals surface area contributed by atoms with E-state index in [1.165, 1.54) is 12.1 Å². The number of aliphatic hydroxyl groups excluding tert-OH is 1. The summed E-state index contributed by atoms with van der Waals surface area (Å²) in [5.74, 6) is 0. The van der Waals surface area contributed by atoms with Gasteiger partial charge < -0.3 is 0 Å². The zero-order valence-electron chi connectivity index (χ0n) is 13.0. The molecule has 1 N–H and O–H groups in total. The molecule has 0 spiro atoms. The molecular weight excluding hydrogens is 361 g/mol. The molecule has 0 amide bonds. The van der Waals surface area contributed by atoms with Crippen molar-refractivity contribution in [2.45, 2.75) is 24.5 Å². The molecular formula is C17H19NO4Se. The summed E-state index contributed by atoms with van der Waals surface area (Å²) in [6.07, 6.45) is -0.752. The van der Waals surface area contributed by atoms with Crippen LogP contribution in [0.1, 0.15) is 30.3 Å². The minimum atomic E-state index is -0.732. The maximum atomic E-state index is 10.9. The number of benzene rings is 2. The zero-order valence-corrected chi connectivity index (χ0v) is 14.7. The fourth-order valence-electron chi connectivity index (χ4n) is 2.24. The molecule has 0 radical (unpaired) electrons. The van der Waals surface area contributed by atoms with Gasteiger partial charge in [-0.1, -0.05) is 0 Å². The SMILES string of the molecule is COC(C[Se]c1ccc([N+](=O)[O-])cc1[C@H](C)O)c1ccccc1. The van der Waals surface area contributed by atoms with Crippen molar-refractivity contribution in [3.63, 3.8) is 0 Å². The third kappa shape index (κ3) is 4.62. The minimum absolute atomic E-state index is 0.00630. The number of ether oxygens (including phenoxy) is 1. The van der Waals surface area contributed by atoms with E-state index in [-0.39, 0.29) is 26.7 Å². The third-order valence-corrected chi connectivity index (χ3v) is 5.92. The van der Waals surface area contributed by atoms with E-state index in [9.17, 15) is 15.2 Å². The van der Waals surface area contributed by atoms with Gasteiger partial charge in [-0.05, 0) is 0 Å². The first-order valence-electron chi connectivity index (χ1n) is 7.20. The summed E-state index contributed by atoms with van der Waals surface area (Å²) in [6, 6.07) is 14.7. The van der Waals surface area contributed by atoms with Gasteiger partial charge in [0.2, 0.25) is 0 Å². The Morgan fingerprint density at radius 2 is 1.96 bits per heavy atom. The van der Waals surface area contributed by atoms with Gasteiger partial charge >= 0.3 is 141 Å². The Labute approximate surface area is 141 Å². The first-order valence-corrected chi connectivity index (χ1v) is 9.26. The third-order valence-electron chi connectivity index (χ3n) is 3.50. The Hall–Kier alpha value is -1.72. The van der Waals surface area contributed by atoms with Gasteiger partial charge in [-0.15, -0.1) is 0 Å². The number of methoxy groups -OCH3 is 1. The Morgan fingerprint density at radius 1 is 1.26 bits per heavy atom. The van der Waals surface area contributed by atoms with Crippen LogP contribution in [0, 0.1) is 10.1 Å². The molecule has 0 aliphatic carbocycles. The molecule has 0 aliphatic rings. The van der Waals surface area contributed by atoms with Gasteiger partial charge in [0.1, 0.15) is 0 Å². The fourth-order valence-corrected chi connectivity index (χ4v) is 4.80. The van der Waals surface area contributed by atoms with Crippen LogP contribution < -0.4 is 4.46 Å². The number of aliphatic hydroxyl groups is 1. The molecule has 6 heteroatoms. The maximum absolute atomic E-state index is 10.9. The van der Waals surface area contributed by atoms with E-state index in [1.807, 2.05) is 30.3 Å². The molecule has 2 aromatic rings. The van der Waals surface area contributed by atoms with Gasteiger partial charge in [0.05, 0.1) is 0 Å². The van der Waals surface area contributed by atoms with Crippen molar-refractivity contribution in [1.29, 1.82) is 0 Å². The molecule has 2 rings (SSSR count). The van der Waals surface area contributed by atoms with Gasteiger partial charge in [-0.2, -0.15) is 0 Å². The van der Waals surface area contributed by atoms with E-state index >= 15 is 0 Å². The average molecular weight is 380 g/mol. The quantitative estimate of drug-likeness (QED) is 0.456. The van der Waals surface area contributed by atoms with E-state index in [0.717, 1.165) is 15.3 Å². The van der Waals surface area contributed by atoms with E-state index < -0.39 is 11.0 Å². The van der Waals surface area contributed by atoms with Crippen LogP contribution in [0.25, 0.3) is 0 Å². The predicted octanol–water partition coefficient (Wildman–Crippen LogP) is 2.78. The first-order chi connectivity index (χ1) is 11.0. The van der Waals surface area contributed by atoms with Crippen molar-refractivity contribution in [3.05, 3.63) is 69.8 Å². The number of nitro groups is 1. The number of nitro benzene ring substituents is 1. The normalized spacial score (nSPS) is 13.5. The molecule has 23 heavy (non-hydrogen) atoms. The second kappa shape index (κ2) is 8.22. The number of nitrogens with zero attached hydrogens (tertiary/aromatic N) is 1. The molecule has 0 aliphatic heterocycles. The summed E-state index contributed by atoms with van der Waals surface area (Å²) in [6.45, 7) is 1.63. The van der Waals surface area contributed by atoms with Crippen LogP contribution in [0.4, 0.5) is 5.69 Å². The first kappa shape index (κ1) is 17.6. The van der Waals surface area contributed by atoms with Gasteiger partial charge in [0.15, 0.2) is 0 Å². The number of non-ortho nitro benzene ring substituents is 1. The van der Waals surface area contributed by atoms with Crippen molar-refractivity contribution in [3.8, 4) is 0 Å². The van der Waals surface area contributed by atoms with E-state index in [0.29, 0.717) is 5.56 Å². The van der Waals surface area contributed by atoms with Crippen molar-refractivity contribution < 1.29 is 14.8 Å². The van der Waals surface area contributed by atoms with Crippen LogP contribution in [0.5, 0.6) is 0 Å². The van der Waals surface area contributed by atoms with Crippen molar-refractivity contribution in [2.75, 3.05) is 7.11 Å². The summed E-state index contributed by atoms with van der Waals surface area (Å²) >= 11 is 0.0397. The Morgan fingerprint density at radius 3 is 2.52 bits per heavy atom. The molecule has 122 valence electrons. The summed E-state index contributed by atoms with van der Waals surface area (Å²) in [5.41, 5.74) is 1.74. The number of rotatable bonds is 7. The Balaban J connectivity index is 2.17. The van der Waals surface area contributed by atoms with Crippen molar-refractivity contribution >= 4 is 25.1 Å². The summed E-state index contributed by atoms with van der Waals surface area (Å²) in [5, 5.41) is 21.6. The van der Waals surface area contributed by atoms with Crippen LogP contribution in [0.3, 0.4) is 0 Å². The van der Waals surface area contributed by atoms with Gasteiger partial charge in [-0.3, -0.25) is 0 Å². The Bertz CT molecular complexity index is 661. The Kier molecular flexibility index (Phi) is 6.30. The molecule has 0 aromatic heterocycles. The molecule has 0 fully saturated rings. The van der Waals surface area contributed by atoms with E-state index in [1.54, 1.807) is 20.1 Å². The topological polar surface area (TPSA) is 72.6 Å². The fraction of sp³-hybridized carbons (Fsp3) is 0.294. The van der Waals surface area contributed by atoms with Gasteiger partial charge in [0, 0.05) is 0 Å². The molecule has 0 heterocycles. The molecule has 2 atom stereocenters. The molecule has 0 saturated carbocycles. The summed E-state index contributed by atoms with van der Waals surface area (Å²) < 4.78 is 6.53. The van der Waals surface area contributed by atoms with Crippen LogP contribution in [0.2, 0.25) is 5.32 Å². The zero-order chi connectivity index (χ0) is 16.8. The van der Waals surface area contributed by atoms with Crippen LogP contribution in [0.15, 0.2) is 48.5 Å². The predicted molar refractivity (Wildman–Crippen MR) is 90.1 cm³/mol. The van der Waals surface area contributed by atoms with Crippen LogP contribution in [-0.2, 0) is 4.74 Å².